The van der Waals surface area contributed by atoms with Gasteiger partial charge in [0.1, 0.15) is 0 Å². The molecule has 1 aromatic carbocycles. The largest absolute Gasteiger partial charge is 0.352 e. The van der Waals surface area contributed by atoms with Gasteiger partial charge in [-0.25, -0.2) is 4.98 Å². The average molecular weight is 350 g/mol. The summed E-state index contributed by atoms with van der Waals surface area (Å²) in [6, 6.07) is 7.34. The second-order valence-electron chi connectivity index (χ2n) is 5.35. The van der Waals surface area contributed by atoms with Crippen LogP contribution in [0.1, 0.15) is 24.1 Å². The van der Waals surface area contributed by atoms with Crippen LogP contribution in [0, 0.1) is 0 Å². The summed E-state index contributed by atoms with van der Waals surface area (Å²) in [7, 11) is 0. The van der Waals surface area contributed by atoms with E-state index in [0.717, 1.165) is 12.0 Å². The predicted octanol–water partition coefficient (Wildman–Crippen LogP) is 2.78. The Morgan fingerprint density at radius 3 is 2.83 bits per heavy atom. The number of amides is 2. The Morgan fingerprint density at radius 1 is 1.35 bits per heavy atom. The Balaban J connectivity index is 1.53. The zero-order valence-electron chi connectivity index (χ0n) is 12.4. The molecule has 1 aliphatic rings. The monoisotopic (exact) mass is 349 g/mol. The summed E-state index contributed by atoms with van der Waals surface area (Å²) in [5, 5.41) is 6.05. The maximum atomic E-state index is 12.0. The normalized spacial score (nSPS) is 14.3. The van der Waals surface area contributed by atoms with E-state index in [9.17, 15) is 9.59 Å². The van der Waals surface area contributed by atoms with E-state index in [2.05, 4.69) is 10.3 Å². The molecule has 0 bridgehead atoms. The zero-order chi connectivity index (χ0) is 16.2. The molecule has 1 N–H and O–H groups in total. The molecule has 0 atom stereocenters. The van der Waals surface area contributed by atoms with Crippen molar-refractivity contribution >= 4 is 39.9 Å². The van der Waals surface area contributed by atoms with Crippen molar-refractivity contribution < 1.29 is 9.59 Å². The fraction of sp³-hybridized carbons (Fsp3) is 0.312. The first-order valence-electron chi connectivity index (χ1n) is 7.38. The van der Waals surface area contributed by atoms with Crippen LogP contribution in [0.5, 0.6) is 0 Å². The van der Waals surface area contributed by atoms with Gasteiger partial charge < -0.3 is 5.32 Å². The SMILES string of the molecule is O=C(Cc1csc(N2CCCC2=O)n1)NCc1ccc(Cl)cc1. The molecule has 1 fully saturated rings. The van der Waals surface area contributed by atoms with Crippen LogP contribution in [0.2, 0.25) is 5.02 Å². The minimum Gasteiger partial charge on any atom is -0.352 e. The quantitative estimate of drug-likeness (QED) is 0.902. The number of hydrogen-bond acceptors (Lipinski definition) is 4. The molecule has 2 heterocycles. The number of carbonyl (C=O) groups is 2. The average Bonchev–Trinajstić information content (AvgIpc) is 3.15. The molecule has 7 heteroatoms. The molecule has 23 heavy (non-hydrogen) atoms. The van der Waals surface area contributed by atoms with E-state index in [-0.39, 0.29) is 18.2 Å². The van der Waals surface area contributed by atoms with Gasteiger partial charge in [0.05, 0.1) is 12.1 Å². The molecule has 0 radical (unpaired) electrons. The second-order valence-corrected chi connectivity index (χ2v) is 6.62. The molecule has 2 amide bonds. The van der Waals surface area contributed by atoms with Crippen LogP contribution in [0.4, 0.5) is 5.13 Å². The third kappa shape index (κ3) is 4.09. The molecule has 0 saturated carbocycles. The first kappa shape index (κ1) is 16.0. The topological polar surface area (TPSA) is 62.3 Å². The summed E-state index contributed by atoms with van der Waals surface area (Å²) >= 11 is 7.23. The Morgan fingerprint density at radius 2 is 2.13 bits per heavy atom. The van der Waals surface area contributed by atoms with Gasteiger partial charge in [-0.3, -0.25) is 14.5 Å². The highest BCUT2D eigenvalue weighted by molar-refractivity contribution is 7.14. The fourth-order valence-electron chi connectivity index (χ4n) is 2.38. The third-order valence-electron chi connectivity index (χ3n) is 3.59. The third-order valence-corrected chi connectivity index (χ3v) is 4.75. The summed E-state index contributed by atoms with van der Waals surface area (Å²) in [5.41, 5.74) is 1.68. The smallest absolute Gasteiger partial charge is 0.228 e. The van der Waals surface area contributed by atoms with Crippen molar-refractivity contribution in [2.24, 2.45) is 0 Å². The van der Waals surface area contributed by atoms with Crippen molar-refractivity contribution in [2.75, 3.05) is 11.4 Å². The molecular weight excluding hydrogens is 334 g/mol. The van der Waals surface area contributed by atoms with E-state index in [1.165, 1.54) is 11.3 Å². The van der Waals surface area contributed by atoms with Crippen LogP contribution >= 0.6 is 22.9 Å². The van der Waals surface area contributed by atoms with Gasteiger partial charge in [-0.05, 0) is 24.1 Å². The summed E-state index contributed by atoms with van der Waals surface area (Å²) in [6.45, 7) is 1.17. The highest BCUT2D eigenvalue weighted by Gasteiger charge is 2.24. The minimum atomic E-state index is -0.0930. The first-order chi connectivity index (χ1) is 11.1. The summed E-state index contributed by atoms with van der Waals surface area (Å²) in [5.74, 6) is 0.0163. The Bertz CT molecular complexity index is 714. The molecule has 0 spiro atoms. The highest BCUT2D eigenvalue weighted by atomic mass is 35.5. The number of thiazole rings is 1. The lowest BCUT2D eigenvalue weighted by molar-refractivity contribution is -0.120. The Kier molecular flexibility index (Phi) is 4.93. The van der Waals surface area contributed by atoms with Crippen molar-refractivity contribution in [1.29, 1.82) is 0 Å². The molecule has 0 aliphatic carbocycles. The summed E-state index contributed by atoms with van der Waals surface area (Å²) < 4.78 is 0. The van der Waals surface area contributed by atoms with Crippen molar-refractivity contribution in [3.63, 3.8) is 0 Å². The molecule has 1 aliphatic heterocycles. The number of halogens is 1. The maximum absolute atomic E-state index is 12.0. The lowest BCUT2D eigenvalue weighted by atomic mass is 10.2. The number of carbonyl (C=O) groups excluding carboxylic acids is 2. The predicted molar refractivity (Wildman–Crippen MR) is 90.7 cm³/mol. The number of benzene rings is 1. The van der Waals surface area contributed by atoms with Gasteiger partial charge in [-0.1, -0.05) is 23.7 Å². The van der Waals surface area contributed by atoms with E-state index in [1.54, 1.807) is 17.0 Å². The van der Waals surface area contributed by atoms with Gasteiger partial charge >= 0.3 is 0 Å². The molecule has 5 nitrogen and oxygen atoms in total. The lowest BCUT2D eigenvalue weighted by Gasteiger charge is -2.10. The van der Waals surface area contributed by atoms with Gasteiger partial charge in [0.2, 0.25) is 11.8 Å². The second kappa shape index (κ2) is 7.10. The maximum Gasteiger partial charge on any atom is 0.228 e. The van der Waals surface area contributed by atoms with Gasteiger partial charge in [0, 0.05) is 29.9 Å². The Hall–Kier alpha value is -1.92. The molecular formula is C16H16ClN3O2S. The van der Waals surface area contributed by atoms with Crippen LogP contribution in [0.25, 0.3) is 0 Å². The van der Waals surface area contributed by atoms with Crippen molar-refractivity contribution in [3.8, 4) is 0 Å². The van der Waals surface area contributed by atoms with Crippen LogP contribution in [-0.4, -0.2) is 23.3 Å². The van der Waals surface area contributed by atoms with Crippen LogP contribution in [0.15, 0.2) is 29.6 Å². The number of aromatic nitrogens is 1. The lowest BCUT2D eigenvalue weighted by Crippen LogP contribution is -2.25. The van der Waals surface area contributed by atoms with E-state index in [1.807, 2.05) is 17.5 Å². The molecule has 0 unspecified atom stereocenters. The number of rotatable bonds is 5. The number of anilines is 1. The van der Waals surface area contributed by atoms with E-state index in [4.69, 9.17) is 11.6 Å². The van der Waals surface area contributed by atoms with Gasteiger partial charge in [0.25, 0.3) is 0 Å². The van der Waals surface area contributed by atoms with Crippen molar-refractivity contribution in [3.05, 3.63) is 45.9 Å². The molecule has 3 rings (SSSR count). The summed E-state index contributed by atoms with van der Waals surface area (Å²) in [4.78, 5) is 29.8. The van der Waals surface area contributed by atoms with E-state index in [0.29, 0.717) is 35.4 Å². The van der Waals surface area contributed by atoms with Gasteiger partial charge in [0.15, 0.2) is 5.13 Å². The first-order valence-corrected chi connectivity index (χ1v) is 8.63. The zero-order valence-corrected chi connectivity index (χ0v) is 14.0. The Labute approximate surface area is 143 Å². The van der Waals surface area contributed by atoms with Gasteiger partial charge in [-0.15, -0.1) is 11.3 Å². The van der Waals surface area contributed by atoms with Crippen LogP contribution in [-0.2, 0) is 22.6 Å². The van der Waals surface area contributed by atoms with Gasteiger partial charge in [-0.2, -0.15) is 0 Å². The standard InChI is InChI=1S/C16H16ClN3O2S/c17-12-5-3-11(4-6-12)9-18-14(21)8-13-10-23-16(19-13)20-7-1-2-15(20)22/h3-6,10H,1-2,7-9H2,(H,18,21). The van der Waals surface area contributed by atoms with Crippen LogP contribution in [0.3, 0.4) is 0 Å². The molecule has 120 valence electrons. The fourth-order valence-corrected chi connectivity index (χ4v) is 3.38. The van der Waals surface area contributed by atoms with Crippen molar-refractivity contribution in [1.82, 2.24) is 10.3 Å². The summed E-state index contributed by atoms with van der Waals surface area (Å²) in [6.07, 6.45) is 1.66. The molecule has 1 aromatic heterocycles. The number of hydrogen-bond donors (Lipinski definition) is 1. The number of nitrogens with zero attached hydrogens (tertiary/aromatic N) is 2. The number of nitrogens with one attached hydrogen (secondary N) is 1. The molecule has 1 saturated heterocycles. The van der Waals surface area contributed by atoms with Crippen LogP contribution < -0.4 is 10.2 Å². The highest BCUT2D eigenvalue weighted by Crippen LogP contribution is 2.25. The van der Waals surface area contributed by atoms with E-state index >= 15 is 0 Å². The van der Waals surface area contributed by atoms with E-state index < -0.39 is 0 Å². The van der Waals surface area contributed by atoms with Crippen molar-refractivity contribution in [2.45, 2.75) is 25.8 Å². The molecule has 2 aromatic rings. The minimum absolute atomic E-state index is 0.0930.